The number of nitrogens with zero attached hydrogens (tertiary/aromatic N) is 1. The van der Waals surface area contributed by atoms with Gasteiger partial charge < -0.3 is 5.11 Å². The van der Waals surface area contributed by atoms with Crippen LogP contribution in [0.25, 0.3) is 0 Å². The molecule has 3 heteroatoms. The molecular formula is C30H46FNO. The van der Waals surface area contributed by atoms with Gasteiger partial charge in [0.15, 0.2) is 0 Å². The van der Waals surface area contributed by atoms with Gasteiger partial charge in [0.1, 0.15) is 5.82 Å². The fraction of sp³-hybridized carbons (Fsp3) is 0.733. The number of benzene rings is 1. The lowest BCUT2D eigenvalue weighted by molar-refractivity contribution is 0.0798. The molecule has 0 aromatic heterocycles. The van der Waals surface area contributed by atoms with Gasteiger partial charge in [-0.25, -0.2) is 4.39 Å². The van der Waals surface area contributed by atoms with Crippen molar-refractivity contribution in [1.29, 1.82) is 0 Å². The summed E-state index contributed by atoms with van der Waals surface area (Å²) in [6.07, 6.45) is 19.5. The van der Waals surface area contributed by atoms with Gasteiger partial charge in [0.25, 0.3) is 0 Å². The molecule has 3 aliphatic carbocycles. The minimum atomic E-state index is -0.150. The van der Waals surface area contributed by atoms with Gasteiger partial charge in [-0.2, -0.15) is 0 Å². The summed E-state index contributed by atoms with van der Waals surface area (Å²) in [5, 5.41) is 9.86. The molecule has 0 spiro atoms. The zero-order valence-corrected chi connectivity index (χ0v) is 20.7. The molecule has 0 saturated heterocycles. The van der Waals surface area contributed by atoms with E-state index in [0.717, 1.165) is 24.7 Å². The summed E-state index contributed by atoms with van der Waals surface area (Å²) in [5.41, 5.74) is 1.28. The molecule has 1 aromatic rings. The summed E-state index contributed by atoms with van der Waals surface area (Å²) in [7, 11) is 0. The molecule has 0 radical (unpaired) electrons. The maximum Gasteiger partial charge on any atom is 0.123 e. The van der Waals surface area contributed by atoms with E-state index >= 15 is 0 Å². The lowest BCUT2D eigenvalue weighted by Gasteiger charge is -2.45. The predicted octanol–water partition coefficient (Wildman–Crippen LogP) is 8.39. The van der Waals surface area contributed by atoms with E-state index in [1.807, 2.05) is 12.1 Å². The molecule has 0 bridgehead atoms. The van der Waals surface area contributed by atoms with Crippen molar-refractivity contribution in [1.82, 2.24) is 4.90 Å². The van der Waals surface area contributed by atoms with E-state index in [4.69, 9.17) is 0 Å². The fourth-order valence-electron chi connectivity index (χ4n) is 7.18. The van der Waals surface area contributed by atoms with E-state index in [9.17, 15) is 9.50 Å². The molecule has 2 nitrogen and oxygen atoms in total. The smallest absolute Gasteiger partial charge is 0.123 e. The summed E-state index contributed by atoms with van der Waals surface area (Å²) in [5.74, 6) is 2.80. The van der Waals surface area contributed by atoms with Gasteiger partial charge in [0.2, 0.25) is 0 Å². The Morgan fingerprint density at radius 2 is 1.48 bits per heavy atom. The maximum atomic E-state index is 13.7. The van der Waals surface area contributed by atoms with Crippen molar-refractivity contribution >= 4 is 0 Å². The number of aliphatic hydroxyl groups excluding tert-OH is 1. The normalized spacial score (nSPS) is 27.6. The molecule has 0 heterocycles. The Balaban J connectivity index is 1.52. The highest BCUT2D eigenvalue weighted by molar-refractivity contribution is 5.23. The van der Waals surface area contributed by atoms with E-state index in [1.54, 1.807) is 12.1 Å². The van der Waals surface area contributed by atoms with E-state index in [2.05, 4.69) is 11.5 Å². The minimum Gasteiger partial charge on any atom is -0.513 e. The van der Waals surface area contributed by atoms with Crippen molar-refractivity contribution in [3.8, 4) is 0 Å². The average Bonchev–Trinajstić information content (AvgIpc) is 2.83. The molecule has 184 valence electrons. The number of aliphatic hydroxyl groups is 1. The van der Waals surface area contributed by atoms with Gasteiger partial charge >= 0.3 is 0 Å². The Morgan fingerprint density at radius 1 is 0.848 bits per heavy atom. The number of rotatable bonds is 9. The molecule has 3 aliphatic rings. The Kier molecular flexibility index (Phi) is 9.29. The van der Waals surface area contributed by atoms with Crippen LogP contribution in [0.3, 0.4) is 0 Å². The maximum absolute atomic E-state index is 13.7. The molecule has 0 aliphatic heterocycles. The first-order valence-corrected chi connectivity index (χ1v) is 13.9. The second-order valence-electron chi connectivity index (χ2n) is 11.5. The molecular weight excluding hydrogens is 409 g/mol. The minimum absolute atomic E-state index is 0.150. The Morgan fingerprint density at radius 3 is 2.12 bits per heavy atom. The zero-order chi connectivity index (χ0) is 23.0. The third-order valence-electron chi connectivity index (χ3n) is 8.98. The van der Waals surface area contributed by atoms with E-state index in [0.29, 0.717) is 30.1 Å². The second kappa shape index (κ2) is 12.4. The molecule has 4 rings (SSSR count). The quantitative estimate of drug-likeness (QED) is 0.378. The third kappa shape index (κ3) is 7.31. The van der Waals surface area contributed by atoms with Gasteiger partial charge in [-0.3, -0.25) is 4.90 Å². The van der Waals surface area contributed by atoms with Gasteiger partial charge in [-0.1, -0.05) is 70.1 Å². The van der Waals surface area contributed by atoms with Crippen LogP contribution in [0.15, 0.2) is 36.6 Å². The van der Waals surface area contributed by atoms with Crippen LogP contribution in [0.4, 0.5) is 4.39 Å². The average molecular weight is 456 g/mol. The molecule has 3 atom stereocenters. The Labute approximate surface area is 201 Å². The first-order valence-electron chi connectivity index (χ1n) is 13.9. The van der Waals surface area contributed by atoms with Crippen LogP contribution in [0.1, 0.15) is 108 Å². The van der Waals surface area contributed by atoms with E-state index in [-0.39, 0.29) is 5.82 Å². The molecule has 0 amide bonds. The summed E-state index contributed by atoms with van der Waals surface area (Å²) >= 11 is 0. The van der Waals surface area contributed by atoms with Gasteiger partial charge in [0.05, 0.1) is 5.76 Å². The Hall–Kier alpha value is -1.35. The second-order valence-corrected chi connectivity index (χ2v) is 11.5. The van der Waals surface area contributed by atoms with Gasteiger partial charge in [0, 0.05) is 19.0 Å². The molecule has 3 fully saturated rings. The molecule has 1 aromatic carbocycles. The summed E-state index contributed by atoms with van der Waals surface area (Å²) in [6, 6.07) is 7.83. The molecule has 1 N–H and O–H groups in total. The highest BCUT2D eigenvalue weighted by Crippen LogP contribution is 2.42. The largest absolute Gasteiger partial charge is 0.513 e. The number of allylic oxidation sites excluding steroid dienone is 1. The molecule has 33 heavy (non-hydrogen) atoms. The van der Waals surface area contributed by atoms with Crippen LogP contribution in [0, 0.1) is 23.6 Å². The molecule has 3 saturated carbocycles. The van der Waals surface area contributed by atoms with Crippen molar-refractivity contribution in [3.63, 3.8) is 0 Å². The van der Waals surface area contributed by atoms with Gasteiger partial charge in [-0.15, -0.1) is 0 Å². The highest BCUT2D eigenvalue weighted by Gasteiger charge is 2.36. The fourth-order valence-corrected chi connectivity index (χ4v) is 7.18. The van der Waals surface area contributed by atoms with Crippen LogP contribution >= 0.6 is 0 Å². The van der Waals surface area contributed by atoms with Crippen molar-refractivity contribution < 1.29 is 9.50 Å². The highest BCUT2D eigenvalue weighted by atomic mass is 19.1. The number of hydrogen-bond acceptors (Lipinski definition) is 2. The zero-order valence-electron chi connectivity index (χ0n) is 20.7. The van der Waals surface area contributed by atoms with Crippen molar-refractivity contribution in [2.24, 2.45) is 17.8 Å². The first kappa shape index (κ1) is 24.8. The summed E-state index contributed by atoms with van der Waals surface area (Å²) in [6.45, 7) is 6.23. The first-order chi connectivity index (χ1) is 16.1. The SMILES string of the molecule is C=C(O)C[C@@H]1CC[C@@H](N(CCC2CCCCC2)CC2CCCCC2)[C@H](c2ccc(F)cc2)C1. The number of hydrogen-bond donors (Lipinski definition) is 1. The lowest BCUT2D eigenvalue weighted by Crippen LogP contribution is -2.46. The lowest BCUT2D eigenvalue weighted by atomic mass is 9.72. The van der Waals surface area contributed by atoms with E-state index < -0.39 is 0 Å². The van der Waals surface area contributed by atoms with Crippen molar-refractivity contribution in [2.75, 3.05) is 13.1 Å². The van der Waals surface area contributed by atoms with Crippen LogP contribution < -0.4 is 0 Å². The van der Waals surface area contributed by atoms with Crippen LogP contribution in [-0.2, 0) is 0 Å². The Bertz CT molecular complexity index is 719. The third-order valence-corrected chi connectivity index (χ3v) is 8.98. The van der Waals surface area contributed by atoms with Crippen LogP contribution in [0.2, 0.25) is 0 Å². The predicted molar refractivity (Wildman–Crippen MR) is 136 cm³/mol. The van der Waals surface area contributed by atoms with Crippen molar-refractivity contribution in [3.05, 3.63) is 48.0 Å². The summed E-state index contributed by atoms with van der Waals surface area (Å²) < 4.78 is 13.7. The topological polar surface area (TPSA) is 23.5 Å². The molecule has 0 unspecified atom stereocenters. The monoisotopic (exact) mass is 455 g/mol. The summed E-state index contributed by atoms with van der Waals surface area (Å²) in [4.78, 5) is 2.88. The standard InChI is InChI=1S/C30H46FNO/c1-23(33)20-26-12-17-30(29(21-26)27-13-15-28(31)16-14-27)32(22-25-10-6-3-7-11-25)19-18-24-8-4-2-5-9-24/h13-16,24-26,29-30,33H,1-12,17-22H2/t26-,29-,30+/m0/s1. The van der Waals surface area contributed by atoms with Crippen molar-refractivity contribution in [2.45, 2.75) is 108 Å². The van der Waals surface area contributed by atoms with Gasteiger partial charge in [-0.05, 0) is 86.4 Å². The van der Waals surface area contributed by atoms with Crippen LogP contribution in [-0.4, -0.2) is 29.1 Å². The number of halogens is 1. The van der Waals surface area contributed by atoms with E-state index in [1.165, 1.54) is 95.7 Å². The van der Waals surface area contributed by atoms with Crippen LogP contribution in [0.5, 0.6) is 0 Å².